The van der Waals surface area contributed by atoms with Gasteiger partial charge in [0.15, 0.2) is 0 Å². The fraction of sp³-hybridized carbons (Fsp3) is 0.353. The Labute approximate surface area is 133 Å². The highest BCUT2D eigenvalue weighted by Gasteiger charge is 2.48. The molecule has 3 heterocycles. The molecule has 0 N–H and O–H groups in total. The van der Waals surface area contributed by atoms with E-state index in [0.717, 1.165) is 25.3 Å². The predicted octanol–water partition coefficient (Wildman–Crippen LogP) is 2.25. The fourth-order valence-corrected chi connectivity index (χ4v) is 3.63. The second kappa shape index (κ2) is 5.30. The number of halogens is 1. The summed E-state index contributed by atoms with van der Waals surface area (Å²) >= 11 is 0. The molecule has 4 rings (SSSR count). The van der Waals surface area contributed by atoms with E-state index in [9.17, 15) is 9.18 Å². The van der Waals surface area contributed by atoms with Crippen molar-refractivity contribution in [3.63, 3.8) is 0 Å². The molecular formula is C17H17FN4O. The third kappa shape index (κ3) is 2.54. The lowest BCUT2D eigenvalue weighted by Gasteiger charge is -2.24. The molecule has 0 unspecified atom stereocenters. The number of carbonyl (C=O) groups is 1. The molecule has 1 atom stereocenters. The number of rotatable bonds is 2. The average molecular weight is 312 g/mol. The van der Waals surface area contributed by atoms with Crippen molar-refractivity contribution in [1.29, 1.82) is 0 Å². The maximum Gasteiger partial charge on any atom is 0.227 e. The zero-order chi connectivity index (χ0) is 15.9. The minimum atomic E-state index is -0.316. The van der Waals surface area contributed by atoms with E-state index in [1.54, 1.807) is 35.6 Å². The molecule has 0 saturated carbocycles. The summed E-state index contributed by atoms with van der Waals surface area (Å²) in [5.41, 5.74) is 0.561. The van der Waals surface area contributed by atoms with Gasteiger partial charge in [-0.1, -0.05) is 6.07 Å². The lowest BCUT2D eigenvalue weighted by Crippen LogP contribution is -2.31. The van der Waals surface area contributed by atoms with Gasteiger partial charge in [0.25, 0.3) is 0 Å². The van der Waals surface area contributed by atoms with Crippen LogP contribution in [0.1, 0.15) is 12.8 Å². The second-order valence-electron chi connectivity index (χ2n) is 6.37. The number of nitrogens with zero attached hydrogens (tertiary/aromatic N) is 4. The molecule has 5 nitrogen and oxygen atoms in total. The Morgan fingerprint density at radius 1 is 1.22 bits per heavy atom. The van der Waals surface area contributed by atoms with Crippen molar-refractivity contribution in [3.8, 4) is 0 Å². The Bertz CT molecular complexity index is 738. The molecule has 1 aromatic heterocycles. The Kier molecular flexibility index (Phi) is 3.25. The molecule has 0 radical (unpaired) electrons. The summed E-state index contributed by atoms with van der Waals surface area (Å²) in [7, 11) is 0. The first-order valence-corrected chi connectivity index (χ1v) is 7.72. The van der Waals surface area contributed by atoms with E-state index < -0.39 is 0 Å². The number of amides is 1. The lowest BCUT2D eigenvalue weighted by atomic mass is 9.86. The summed E-state index contributed by atoms with van der Waals surface area (Å²) in [6.07, 6.45) is 6.51. The van der Waals surface area contributed by atoms with Gasteiger partial charge in [-0.05, 0) is 24.6 Å². The quantitative estimate of drug-likeness (QED) is 0.853. The molecule has 23 heavy (non-hydrogen) atoms. The van der Waals surface area contributed by atoms with Crippen LogP contribution >= 0.6 is 0 Å². The minimum absolute atomic E-state index is 0.0663. The van der Waals surface area contributed by atoms with E-state index in [0.29, 0.717) is 18.7 Å². The maximum atomic E-state index is 13.4. The van der Waals surface area contributed by atoms with Crippen LogP contribution in [0.3, 0.4) is 0 Å². The van der Waals surface area contributed by atoms with Gasteiger partial charge in [0, 0.05) is 49.6 Å². The van der Waals surface area contributed by atoms with E-state index in [2.05, 4.69) is 14.9 Å². The largest absolute Gasteiger partial charge is 0.355 e. The molecule has 2 aromatic rings. The SMILES string of the molecule is O=C1C[C@]2(CCN(c3cnccn3)C2)CN1c1cccc(F)c1. The topological polar surface area (TPSA) is 49.3 Å². The minimum Gasteiger partial charge on any atom is -0.355 e. The summed E-state index contributed by atoms with van der Waals surface area (Å²) in [4.78, 5) is 24.8. The van der Waals surface area contributed by atoms with Crippen LogP contribution in [0.4, 0.5) is 15.9 Å². The molecule has 2 fully saturated rings. The predicted molar refractivity (Wildman–Crippen MR) is 84.7 cm³/mol. The van der Waals surface area contributed by atoms with Gasteiger partial charge >= 0.3 is 0 Å². The monoisotopic (exact) mass is 312 g/mol. The van der Waals surface area contributed by atoms with Gasteiger partial charge in [0.2, 0.25) is 5.91 Å². The Morgan fingerprint density at radius 3 is 2.91 bits per heavy atom. The number of carbonyl (C=O) groups excluding carboxylic acids is 1. The molecule has 2 aliphatic rings. The van der Waals surface area contributed by atoms with Crippen molar-refractivity contribution >= 4 is 17.4 Å². The molecule has 2 saturated heterocycles. The van der Waals surface area contributed by atoms with Crippen molar-refractivity contribution in [3.05, 3.63) is 48.7 Å². The van der Waals surface area contributed by atoms with E-state index in [1.165, 1.54) is 12.1 Å². The number of anilines is 2. The summed E-state index contributed by atoms with van der Waals surface area (Å²) in [6, 6.07) is 6.25. The Morgan fingerprint density at radius 2 is 2.13 bits per heavy atom. The highest BCUT2D eigenvalue weighted by atomic mass is 19.1. The average Bonchev–Trinajstić information content (AvgIpc) is 3.12. The Balaban J connectivity index is 1.54. The molecule has 0 bridgehead atoms. The van der Waals surface area contributed by atoms with Crippen LogP contribution < -0.4 is 9.80 Å². The third-order valence-corrected chi connectivity index (χ3v) is 4.75. The number of benzene rings is 1. The first kappa shape index (κ1) is 14.1. The first-order valence-electron chi connectivity index (χ1n) is 7.72. The van der Waals surface area contributed by atoms with Crippen LogP contribution in [0.25, 0.3) is 0 Å². The summed E-state index contributed by atoms with van der Waals surface area (Å²) in [5.74, 6) is 0.599. The summed E-state index contributed by atoms with van der Waals surface area (Å²) in [5, 5.41) is 0. The highest BCUT2D eigenvalue weighted by Crippen LogP contribution is 2.42. The van der Waals surface area contributed by atoms with E-state index in [1.807, 2.05) is 0 Å². The van der Waals surface area contributed by atoms with E-state index >= 15 is 0 Å². The van der Waals surface area contributed by atoms with Gasteiger partial charge in [-0.15, -0.1) is 0 Å². The first-order chi connectivity index (χ1) is 11.2. The summed E-state index contributed by atoms with van der Waals surface area (Å²) in [6.45, 7) is 2.28. The van der Waals surface area contributed by atoms with Crippen molar-refractivity contribution in [2.75, 3.05) is 29.4 Å². The van der Waals surface area contributed by atoms with Crippen molar-refractivity contribution < 1.29 is 9.18 Å². The summed E-state index contributed by atoms with van der Waals surface area (Å²) < 4.78 is 13.4. The second-order valence-corrected chi connectivity index (χ2v) is 6.37. The molecule has 1 amide bonds. The Hall–Kier alpha value is -2.50. The van der Waals surface area contributed by atoms with E-state index in [4.69, 9.17) is 0 Å². The molecule has 0 aliphatic carbocycles. The van der Waals surface area contributed by atoms with Crippen LogP contribution in [-0.4, -0.2) is 35.5 Å². The van der Waals surface area contributed by atoms with Gasteiger partial charge in [-0.3, -0.25) is 9.78 Å². The molecular weight excluding hydrogens is 295 g/mol. The third-order valence-electron chi connectivity index (χ3n) is 4.75. The molecule has 1 aromatic carbocycles. The van der Waals surface area contributed by atoms with Crippen LogP contribution in [0, 0.1) is 11.2 Å². The molecule has 118 valence electrons. The smallest absolute Gasteiger partial charge is 0.227 e. The molecule has 1 spiro atoms. The zero-order valence-corrected chi connectivity index (χ0v) is 12.7. The van der Waals surface area contributed by atoms with Gasteiger partial charge in [0.05, 0.1) is 6.20 Å². The maximum absolute atomic E-state index is 13.4. The standard InChI is InChI=1S/C17H17FN4O/c18-13-2-1-3-14(8-13)22-12-17(9-16(22)23)4-7-21(11-17)15-10-19-5-6-20-15/h1-3,5-6,8,10H,4,7,9,11-12H2/t17-/m0/s1. The molecule has 6 heteroatoms. The van der Waals surface area contributed by atoms with Crippen LogP contribution in [0.2, 0.25) is 0 Å². The van der Waals surface area contributed by atoms with Crippen molar-refractivity contribution in [2.45, 2.75) is 12.8 Å². The molecule has 2 aliphatic heterocycles. The van der Waals surface area contributed by atoms with Gasteiger partial charge in [-0.25, -0.2) is 9.37 Å². The zero-order valence-electron chi connectivity index (χ0n) is 12.7. The lowest BCUT2D eigenvalue weighted by molar-refractivity contribution is -0.117. The van der Waals surface area contributed by atoms with Crippen LogP contribution in [-0.2, 0) is 4.79 Å². The normalized spacial score (nSPS) is 24.0. The van der Waals surface area contributed by atoms with E-state index in [-0.39, 0.29) is 17.1 Å². The number of hydrogen-bond donors (Lipinski definition) is 0. The van der Waals surface area contributed by atoms with Gasteiger partial charge in [0.1, 0.15) is 11.6 Å². The van der Waals surface area contributed by atoms with Gasteiger partial charge in [-0.2, -0.15) is 0 Å². The van der Waals surface area contributed by atoms with Crippen molar-refractivity contribution in [2.24, 2.45) is 5.41 Å². The van der Waals surface area contributed by atoms with Crippen LogP contribution in [0.5, 0.6) is 0 Å². The fourth-order valence-electron chi connectivity index (χ4n) is 3.63. The van der Waals surface area contributed by atoms with Crippen molar-refractivity contribution in [1.82, 2.24) is 9.97 Å². The highest BCUT2D eigenvalue weighted by molar-refractivity contribution is 5.96. The number of hydrogen-bond acceptors (Lipinski definition) is 4. The number of aromatic nitrogens is 2. The van der Waals surface area contributed by atoms with Crippen LogP contribution in [0.15, 0.2) is 42.9 Å². The van der Waals surface area contributed by atoms with Gasteiger partial charge < -0.3 is 9.80 Å².